The Morgan fingerprint density at radius 3 is 2.37 bits per heavy atom. The summed E-state index contributed by atoms with van der Waals surface area (Å²) < 4.78 is 36.3. The second-order valence-electron chi connectivity index (χ2n) is 7.87. The van der Waals surface area contributed by atoms with Gasteiger partial charge in [0.2, 0.25) is 15.7 Å². The van der Waals surface area contributed by atoms with Gasteiger partial charge in [0.1, 0.15) is 11.6 Å². The van der Waals surface area contributed by atoms with Crippen LogP contribution in [0.5, 0.6) is 0 Å². The first-order chi connectivity index (χ1) is 13.8. The zero-order valence-electron chi connectivity index (χ0n) is 17.4. The monoisotopic (exact) mass is 477 g/mol. The van der Waals surface area contributed by atoms with Crippen LogP contribution >= 0.6 is 23.2 Å². The quantitative estimate of drug-likeness (QED) is 0.599. The van der Waals surface area contributed by atoms with Gasteiger partial charge in [-0.3, -0.25) is 0 Å². The summed E-state index contributed by atoms with van der Waals surface area (Å²) in [7, 11) is -4.01. The fourth-order valence-corrected chi connectivity index (χ4v) is 4.39. The van der Waals surface area contributed by atoms with Gasteiger partial charge in [0.15, 0.2) is 0 Å². The average Bonchev–Trinajstić information content (AvgIpc) is 3.11. The van der Waals surface area contributed by atoms with Crippen molar-refractivity contribution in [2.24, 2.45) is 5.92 Å². The molecule has 1 N–H and O–H groups in total. The van der Waals surface area contributed by atoms with Gasteiger partial charge < -0.3 is 14.5 Å². The number of aromatic nitrogens is 2. The van der Waals surface area contributed by atoms with Crippen molar-refractivity contribution in [1.82, 2.24) is 15.5 Å². The summed E-state index contributed by atoms with van der Waals surface area (Å²) in [6.07, 6.45) is -0.00146. The highest BCUT2D eigenvalue weighted by molar-refractivity contribution is 7.90. The van der Waals surface area contributed by atoms with Crippen LogP contribution in [0.15, 0.2) is 27.8 Å². The summed E-state index contributed by atoms with van der Waals surface area (Å²) >= 11 is 12.1. The van der Waals surface area contributed by atoms with Crippen molar-refractivity contribution in [3.8, 4) is 0 Å². The molecule has 0 spiro atoms. The summed E-state index contributed by atoms with van der Waals surface area (Å²) in [6.45, 7) is 9.00. The van der Waals surface area contributed by atoms with Gasteiger partial charge in [-0.15, -0.1) is 5.10 Å². The van der Waals surface area contributed by atoms with Crippen molar-refractivity contribution in [1.29, 1.82) is 0 Å². The van der Waals surface area contributed by atoms with Crippen molar-refractivity contribution >= 4 is 39.1 Å². The average molecular weight is 478 g/mol. The third-order valence-electron chi connectivity index (χ3n) is 4.24. The molecule has 2 atom stereocenters. The van der Waals surface area contributed by atoms with Gasteiger partial charge in [0.25, 0.3) is 0 Å². The summed E-state index contributed by atoms with van der Waals surface area (Å²) in [5.41, 5.74) is -0.451. The first-order valence-electron chi connectivity index (χ1n) is 9.32. The summed E-state index contributed by atoms with van der Waals surface area (Å²) in [5, 5.41) is 10.1. The molecule has 0 aliphatic rings. The Morgan fingerprint density at radius 1 is 1.23 bits per heavy atom. The summed E-state index contributed by atoms with van der Waals surface area (Å²) in [4.78, 5) is 12.2. The Kier molecular flexibility index (Phi) is 7.76. The van der Waals surface area contributed by atoms with E-state index in [2.05, 4.69) is 15.5 Å². The largest absolute Gasteiger partial charge is 0.444 e. The van der Waals surface area contributed by atoms with Crippen molar-refractivity contribution < 1.29 is 22.4 Å². The van der Waals surface area contributed by atoms with Crippen LogP contribution in [0.1, 0.15) is 58.5 Å². The summed E-state index contributed by atoms with van der Waals surface area (Å²) in [6, 6.07) is 3.98. The van der Waals surface area contributed by atoms with Crippen molar-refractivity contribution in [2.75, 3.05) is 0 Å². The number of amides is 1. The third kappa shape index (κ3) is 6.33. The van der Waals surface area contributed by atoms with Crippen LogP contribution in [0.4, 0.5) is 4.79 Å². The number of hydrogen-bond donors (Lipinski definition) is 1. The number of alkyl carbamates (subject to hydrolysis) is 1. The number of hydrogen-bond acceptors (Lipinski definition) is 7. The molecular formula is C19H25Cl2N3O5S. The molecule has 1 amide bonds. The molecule has 0 aliphatic carbocycles. The number of sulfone groups is 1. The molecule has 0 fully saturated rings. The van der Waals surface area contributed by atoms with E-state index < -0.39 is 38.5 Å². The lowest BCUT2D eigenvalue weighted by Crippen LogP contribution is -2.37. The minimum absolute atomic E-state index is 0.0287. The number of carbonyl (C=O) groups is 1. The molecule has 2 aromatic rings. The van der Waals surface area contributed by atoms with Crippen LogP contribution in [0, 0.1) is 5.92 Å². The predicted molar refractivity (Wildman–Crippen MR) is 113 cm³/mol. The number of halogens is 2. The maximum atomic E-state index is 12.8. The van der Waals surface area contributed by atoms with E-state index in [0.717, 1.165) is 0 Å². The van der Waals surface area contributed by atoms with Crippen LogP contribution in [0.25, 0.3) is 0 Å². The zero-order chi connectivity index (χ0) is 22.7. The fraction of sp³-hybridized carbons (Fsp3) is 0.526. The molecule has 1 aromatic carbocycles. The van der Waals surface area contributed by atoms with Crippen LogP contribution in [-0.2, 0) is 20.3 Å². The highest BCUT2D eigenvalue weighted by Crippen LogP contribution is 2.30. The molecule has 0 radical (unpaired) electrons. The third-order valence-corrected chi connectivity index (χ3v) is 6.31. The number of nitrogens with zero attached hydrogens (tertiary/aromatic N) is 2. The van der Waals surface area contributed by atoms with Gasteiger partial charge in [-0.25, -0.2) is 13.2 Å². The Morgan fingerprint density at radius 2 is 1.83 bits per heavy atom. The fourth-order valence-electron chi connectivity index (χ4n) is 2.51. The van der Waals surface area contributed by atoms with E-state index in [4.69, 9.17) is 32.4 Å². The predicted octanol–water partition coefficient (Wildman–Crippen LogP) is 4.96. The van der Waals surface area contributed by atoms with E-state index in [0.29, 0.717) is 6.42 Å². The number of carbonyl (C=O) groups excluding carboxylic acids is 1. The van der Waals surface area contributed by atoms with Gasteiger partial charge in [-0.2, -0.15) is 0 Å². The SMILES string of the molecule is CCC(C)C(NC(=O)OC(C)(C)C)c1nnc(S(=O)(=O)Cc2c(Cl)cccc2Cl)o1. The first-order valence-corrected chi connectivity index (χ1v) is 11.7. The van der Waals surface area contributed by atoms with Crippen LogP contribution in [0.3, 0.4) is 0 Å². The Labute approximate surface area is 186 Å². The second-order valence-corrected chi connectivity index (χ2v) is 10.6. The van der Waals surface area contributed by atoms with Gasteiger partial charge in [0.05, 0.1) is 5.75 Å². The Balaban J connectivity index is 2.29. The molecule has 11 heteroatoms. The highest BCUT2D eigenvalue weighted by atomic mass is 35.5. The van der Waals surface area contributed by atoms with Crippen molar-refractivity contribution in [3.63, 3.8) is 0 Å². The van der Waals surface area contributed by atoms with Crippen molar-refractivity contribution in [3.05, 3.63) is 39.7 Å². The Hall–Kier alpha value is -1.84. The molecule has 1 aromatic heterocycles. The minimum Gasteiger partial charge on any atom is -0.444 e. The number of nitrogens with one attached hydrogen (secondary N) is 1. The van der Waals surface area contributed by atoms with E-state index in [1.54, 1.807) is 39.0 Å². The molecule has 166 valence electrons. The van der Waals surface area contributed by atoms with Gasteiger partial charge in [-0.1, -0.05) is 54.6 Å². The molecule has 30 heavy (non-hydrogen) atoms. The maximum absolute atomic E-state index is 12.8. The standard InChI is InChI=1S/C19H25Cl2N3O5S/c1-6-11(2)15(22-17(25)29-19(3,4)5)16-23-24-18(28-16)30(26,27)10-12-13(20)8-7-9-14(12)21/h7-9,11,15H,6,10H2,1-5H3,(H,22,25). The molecule has 0 bridgehead atoms. The summed E-state index contributed by atoms with van der Waals surface area (Å²) in [5.74, 6) is -0.647. The number of ether oxygens (including phenoxy) is 1. The number of rotatable bonds is 7. The lowest BCUT2D eigenvalue weighted by Gasteiger charge is -2.24. The molecule has 2 rings (SSSR count). The van der Waals surface area contributed by atoms with Gasteiger partial charge in [-0.05, 0) is 38.8 Å². The first kappa shape index (κ1) is 24.4. The van der Waals surface area contributed by atoms with Crippen LogP contribution in [0.2, 0.25) is 10.0 Å². The molecule has 0 saturated carbocycles. The van der Waals surface area contributed by atoms with E-state index in [1.807, 2.05) is 13.8 Å². The van der Waals surface area contributed by atoms with E-state index in [-0.39, 0.29) is 27.4 Å². The zero-order valence-corrected chi connectivity index (χ0v) is 19.7. The molecule has 1 heterocycles. The van der Waals surface area contributed by atoms with Crippen molar-refractivity contribution in [2.45, 2.75) is 63.7 Å². The van der Waals surface area contributed by atoms with Crippen LogP contribution < -0.4 is 5.32 Å². The van der Waals surface area contributed by atoms with Gasteiger partial charge in [0, 0.05) is 15.6 Å². The normalized spacial score (nSPS) is 14.2. The van der Waals surface area contributed by atoms with E-state index >= 15 is 0 Å². The topological polar surface area (TPSA) is 111 Å². The van der Waals surface area contributed by atoms with Crippen LogP contribution in [-0.4, -0.2) is 30.3 Å². The molecule has 8 nitrogen and oxygen atoms in total. The highest BCUT2D eigenvalue weighted by Gasteiger charge is 2.31. The molecular weight excluding hydrogens is 453 g/mol. The Bertz CT molecular complexity index is 982. The molecule has 0 saturated heterocycles. The second kappa shape index (κ2) is 9.53. The molecule has 0 aliphatic heterocycles. The number of benzene rings is 1. The smallest absolute Gasteiger partial charge is 0.408 e. The van der Waals surface area contributed by atoms with E-state index in [1.165, 1.54) is 0 Å². The lowest BCUT2D eigenvalue weighted by atomic mass is 9.99. The van der Waals surface area contributed by atoms with E-state index in [9.17, 15) is 13.2 Å². The lowest BCUT2D eigenvalue weighted by molar-refractivity contribution is 0.0473. The van der Waals surface area contributed by atoms with Gasteiger partial charge >= 0.3 is 11.3 Å². The maximum Gasteiger partial charge on any atom is 0.408 e. The molecule has 2 unspecified atom stereocenters. The minimum atomic E-state index is -4.01.